The lowest BCUT2D eigenvalue weighted by molar-refractivity contribution is -0.315. The van der Waals surface area contributed by atoms with Crippen molar-refractivity contribution in [2.45, 2.75) is 67.3 Å². The van der Waals surface area contributed by atoms with Crippen molar-refractivity contribution in [1.82, 2.24) is 4.90 Å². The normalized spacial score (nSPS) is 60.2. The number of methoxy groups -OCH3 is 4. The SMILES string of the molecule is CO[C@H]1[C@@H]2C[C@@H]3[C@H]1[C@](O)(C[C@@H]2OC)[C@@]1(O)[C@@H](OC)[C@@H]2[C@@]4(CO)CC[C@H](OC)[C@@]32[C@@H]1N(C=O)C4. The fraction of sp³-hybridized carbons (Fsp3) is 0.958. The monoisotopic (exact) mass is 467 g/mol. The summed E-state index contributed by atoms with van der Waals surface area (Å²) in [6.07, 6.45) is 1.60. The largest absolute Gasteiger partial charge is 0.396 e. The number of ether oxygens (including phenoxy) is 4. The second kappa shape index (κ2) is 6.90. The molecule has 6 aliphatic rings. The van der Waals surface area contributed by atoms with E-state index in [1.54, 1.807) is 33.3 Å². The van der Waals surface area contributed by atoms with Gasteiger partial charge in [0.05, 0.1) is 37.1 Å². The number of hydrogen-bond donors (Lipinski definition) is 3. The Morgan fingerprint density at radius 1 is 1.09 bits per heavy atom. The standard InChI is InChI=1S/C24H37NO8/c1-30-14-8-22(28)16-13(7-12(14)17(16)32-3)23-15(31-2)5-6-21(10-26)9-25(11-27)20(23)24(22,29)19(33-4)18(21)23/h11-20,26,28-29H,5-10H2,1-4H3/t12-,13-,14+,15+,16-,17+,18-,19+,20+,21+,22-,23+,24-/m1/s1. The lowest BCUT2D eigenvalue weighted by atomic mass is 9.42. The van der Waals surface area contributed by atoms with Crippen LogP contribution in [0.1, 0.15) is 25.7 Å². The minimum atomic E-state index is -1.75. The molecule has 13 atom stereocenters. The third kappa shape index (κ3) is 2.07. The lowest BCUT2D eigenvalue weighted by Gasteiger charge is -2.69. The summed E-state index contributed by atoms with van der Waals surface area (Å²) in [7, 11) is 6.56. The molecule has 1 amide bonds. The zero-order valence-electron chi connectivity index (χ0n) is 19.8. The molecule has 9 nitrogen and oxygen atoms in total. The summed E-state index contributed by atoms with van der Waals surface area (Å²) in [5.41, 5.74) is -4.64. The van der Waals surface area contributed by atoms with Gasteiger partial charge >= 0.3 is 0 Å². The summed E-state index contributed by atoms with van der Waals surface area (Å²) in [4.78, 5) is 14.2. The third-order valence-electron chi connectivity index (χ3n) is 11.3. The van der Waals surface area contributed by atoms with Crippen LogP contribution in [0.4, 0.5) is 0 Å². The number of carbonyl (C=O) groups excluding carboxylic acids is 1. The van der Waals surface area contributed by atoms with Crippen molar-refractivity contribution in [3.63, 3.8) is 0 Å². The second-order valence-electron chi connectivity index (χ2n) is 11.6. The third-order valence-corrected chi connectivity index (χ3v) is 11.3. The van der Waals surface area contributed by atoms with Gasteiger partial charge in [-0.2, -0.15) is 0 Å². The molecule has 1 saturated heterocycles. The van der Waals surface area contributed by atoms with Crippen LogP contribution in [0, 0.1) is 34.5 Å². The lowest BCUT2D eigenvalue weighted by Crippen LogP contribution is -2.82. The predicted octanol–water partition coefficient (Wildman–Crippen LogP) is -0.592. The quantitative estimate of drug-likeness (QED) is 0.444. The van der Waals surface area contributed by atoms with E-state index in [1.165, 1.54) is 0 Å². The van der Waals surface area contributed by atoms with Crippen LogP contribution in [0.2, 0.25) is 0 Å². The molecule has 9 heteroatoms. The highest BCUT2D eigenvalue weighted by Gasteiger charge is 2.91. The van der Waals surface area contributed by atoms with Gasteiger partial charge in [0.2, 0.25) is 6.41 Å². The Balaban J connectivity index is 1.69. The number of likely N-dealkylation sites (tertiary alicyclic amines) is 1. The molecule has 186 valence electrons. The van der Waals surface area contributed by atoms with Crippen LogP contribution < -0.4 is 0 Å². The molecule has 1 heterocycles. The van der Waals surface area contributed by atoms with E-state index in [-0.39, 0.29) is 55.0 Å². The molecule has 6 rings (SSSR count). The van der Waals surface area contributed by atoms with Crippen LogP contribution in [-0.2, 0) is 23.7 Å². The van der Waals surface area contributed by atoms with Crippen molar-refractivity contribution >= 4 is 6.41 Å². The Bertz CT molecular complexity index is 843. The number of piperidine rings is 1. The highest BCUT2D eigenvalue weighted by atomic mass is 16.5. The van der Waals surface area contributed by atoms with Crippen molar-refractivity contribution in [1.29, 1.82) is 0 Å². The summed E-state index contributed by atoms with van der Waals surface area (Å²) < 4.78 is 24.1. The van der Waals surface area contributed by atoms with E-state index in [9.17, 15) is 20.1 Å². The van der Waals surface area contributed by atoms with Crippen LogP contribution >= 0.6 is 0 Å². The Kier molecular flexibility index (Phi) is 4.73. The Morgan fingerprint density at radius 3 is 2.42 bits per heavy atom. The average molecular weight is 468 g/mol. The Labute approximate surface area is 194 Å². The van der Waals surface area contributed by atoms with Gasteiger partial charge in [0.15, 0.2) is 0 Å². The summed E-state index contributed by atoms with van der Waals surface area (Å²) in [5, 5.41) is 36.2. The van der Waals surface area contributed by atoms with Crippen LogP contribution in [0.25, 0.3) is 0 Å². The summed E-state index contributed by atoms with van der Waals surface area (Å²) in [5.74, 6) is -0.614. The van der Waals surface area contributed by atoms with E-state index < -0.39 is 34.2 Å². The van der Waals surface area contributed by atoms with Crippen molar-refractivity contribution in [2.75, 3.05) is 41.6 Å². The molecule has 6 fully saturated rings. The molecule has 3 N–H and O–H groups in total. The van der Waals surface area contributed by atoms with Crippen molar-refractivity contribution < 1.29 is 39.1 Å². The van der Waals surface area contributed by atoms with Gasteiger partial charge in [-0.25, -0.2) is 0 Å². The molecule has 33 heavy (non-hydrogen) atoms. The van der Waals surface area contributed by atoms with Crippen LogP contribution in [0.3, 0.4) is 0 Å². The first-order valence-electron chi connectivity index (χ1n) is 12.2. The highest BCUT2D eigenvalue weighted by molar-refractivity contribution is 5.54. The van der Waals surface area contributed by atoms with E-state index in [2.05, 4.69) is 0 Å². The molecule has 1 aliphatic heterocycles. The molecule has 0 radical (unpaired) electrons. The van der Waals surface area contributed by atoms with Gasteiger partial charge in [0.1, 0.15) is 11.2 Å². The van der Waals surface area contributed by atoms with Gasteiger partial charge < -0.3 is 39.2 Å². The summed E-state index contributed by atoms with van der Waals surface area (Å²) in [6, 6.07) is -0.680. The maximum atomic E-state index is 12.8. The molecule has 0 unspecified atom stereocenters. The Hall–Kier alpha value is -0.810. The second-order valence-corrected chi connectivity index (χ2v) is 11.6. The van der Waals surface area contributed by atoms with Gasteiger partial charge in [0.25, 0.3) is 0 Å². The number of amides is 1. The first-order chi connectivity index (χ1) is 15.8. The number of rotatable bonds is 6. The van der Waals surface area contributed by atoms with Crippen molar-refractivity contribution in [2.24, 2.45) is 34.5 Å². The molecule has 5 aliphatic carbocycles. The summed E-state index contributed by atoms with van der Waals surface area (Å²) in [6.45, 7) is 0.220. The van der Waals surface area contributed by atoms with Crippen molar-refractivity contribution in [3.05, 3.63) is 0 Å². The predicted molar refractivity (Wildman–Crippen MR) is 114 cm³/mol. The minimum Gasteiger partial charge on any atom is -0.396 e. The molecular formula is C24H37NO8. The van der Waals surface area contributed by atoms with Crippen LogP contribution in [-0.4, -0.2) is 110 Å². The van der Waals surface area contributed by atoms with Gasteiger partial charge in [-0.1, -0.05) is 0 Å². The molecule has 7 bridgehead atoms. The zero-order chi connectivity index (χ0) is 23.6. The molecule has 0 aromatic carbocycles. The molecular weight excluding hydrogens is 430 g/mol. The number of fused-ring (bicyclic) bond motifs is 2. The number of aliphatic hydroxyl groups is 3. The topological polar surface area (TPSA) is 118 Å². The van der Waals surface area contributed by atoms with E-state index in [0.717, 1.165) is 19.3 Å². The maximum absolute atomic E-state index is 12.8. The molecule has 0 aromatic heterocycles. The minimum absolute atomic E-state index is 0.0713. The fourth-order valence-corrected chi connectivity index (χ4v) is 10.7. The van der Waals surface area contributed by atoms with E-state index in [4.69, 9.17) is 18.9 Å². The zero-order valence-corrected chi connectivity index (χ0v) is 19.8. The van der Waals surface area contributed by atoms with Gasteiger partial charge in [-0.3, -0.25) is 4.79 Å². The highest BCUT2D eigenvalue weighted by Crippen LogP contribution is 2.80. The van der Waals surface area contributed by atoms with E-state index in [0.29, 0.717) is 13.0 Å². The molecule has 5 saturated carbocycles. The smallest absolute Gasteiger partial charge is 0.210 e. The van der Waals surface area contributed by atoms with E-state index >= 15 is 0 Å². The van der Waals surface area contributed by atoms with Gasteiger partial charge in [0, 0.05) is 70.0 Å². The van der Waals surface area contributed by atoms with E-state index in [1.807, 2.05) is 0 Å². The van der Waals surface area contributed by atoms with Crippen LogP contribution in [0.5, 0.6) is 0 Å². The average Bonchev–Trinajstić information content (AvgIpc) is 3.24. The van der Waals surface area contributed by atoms with Crippen molar-refractivity contribution in [3.8, 4) is 0 Å². The molecule has 0 aromatic rings. The van der Waals surface area contributed by atoms with Gasteiger partial charge in [-0.15, -0.1) is 0 Å². The van der Waals surface area contributed by atoms with Crippen LogP contribution in [0.15, 0.2) is 0 Å². The summed E-state index contributed by atoms with van der Waals surface area (Å²) >= 11 is 0. The molecule has 1 spiro atoms. The van der Waals surface area contributed by atoms with Gasteiger partial charge in [-0.05, 0) is 25.2 Å². The number of nitrogens with zero attached hydrogens (tertiary/aromatic N) is 1. The first-order valence-corrected chi connectivity index (χ1v) is 12.2. The number of aliphatic hydroxyl groups excluding tert-OH is 1. The first kappa shape index (κ1) is 22.6. The number of hydrogen-bond acceptors (Lipinski definition) is 8. The number of carbonyl (C=O) groups is 1. The fourth-order valence-electron chi connectivity index (χ4n) is 10.7. The maximum Gasteiger partial charge on any atom is 0.210 e. The Morgan fingerprint density at radius 2 is 1.85 bits per heavy atom.